The average Bonchev–Trinajstić information content (AvgIpc) is 2.33. The van der Waals surface area contributed by atoms with Gasteiger partial charge in [-0.05, 0) is 0 Å². The Morgan fingerprint density at radius 1 is 1.20 bits per heavy atom. The second-order valence-corrected chi connectivity index (χ2v) is 4.83. The van der Waals surface area contributed by atoms with Crippen molar-refractivity contribution >= 4 is 15.0 Å². The molecule has 0 spiro atoms. The quantitative estimate of drug-likeness (QED) is 0.555. The zero-order valence-electron chi connectivity index (χ0n) is 6.05. The normalized spacial score (nSPS) is 15.3. The van der Waals surface area contributed by atoms with E-state index in [0.29, 0.717) is 0 Å². The average molecular weight is 197 g/mol. The molecule has 0 fully saturated rings. The molecule has 1 aliphatic rings. The van der Waals surface area contributed by atoms with E-state index in [0.717, 1.165) is 15.0 Å². The van der Waals surface area contributed by atoms with E-state index in [1.54, 1.807) is 11.1 Å². The summed E-state index contributed by atoms with van der Waals surface area (Å²) in [6, 6.07) is 6.85. The Hall–Kier alpha value is -0.261. The fraction of sp³-hybridized carbons (Fsp3) is 0.333. The van der Waals surface area contributed by atoms with Crippen LogP contribution < -0.4 is 0 Å². The molecule has 1 aromatic carbocycles. The van der Waals surface area contributed by atoms with E-state index in [1.807, 2.05) is 0 Å². The van der Waals surface area contributed by atoms with Crippen LogP contribution >= 0.6 is 0 Å². The van der Waals surface area contributed by atoms with Crippen molar-refractivity contribution in [3.8, 4) is 0 Å². The van der Waals surface area contributed by atoms with Gasteiger partial charge in [-0.3, -0.25) is 0 Å². The van der Waals surface area contributed by atoms with Crippen molar-refractivity contribution in [2.75, 3.05) is 0 Å². The van der Waals surface area contributed by atoms with Gasteiger partial charge in [-0.25, -0.2) is 0 Å². The third-order valence-corrected chi connectivity index (χ3v) is 4.04. The van der Waals surface area contributed by atoms with Gasteiger partial charge in [0.25, 0.3) is 0 Å². The topological polar surface area (TPSA) is 0 Å². The number of hydrogen-bond donors (Lipinski definition) is 0. The molecule has 2 rings (SSSR count). The van der Waals surface area contributed by atoms with Crippen molar-refractivity contribution < 1.29 is 0 Å². The number of fused-ring (bicyclic) bond motifs is 1. The molecule has 0 aliphatic carbocycles. The van der Waals surface area contributed by atoms with Gasteiger partial charge in [-0.2, -0.15) is 0 Å². The van der Waals surface area contributed by atoms with Gasteiger partial charge in [0.1, 0.15) is 0 Å². The summed E-state index contributed by atoms with van der Waals surface area (Å²) in [6.45, 7) is 2.17. The monoisotopic (exact) mass is 198 g/mol. The summed E-state index contributed by atoms with van der Waals surface area (Å²) in [5, 5.41) is 2.73. The van der Waals surface area contributed by atoms with Gasteiger partial charge < -0.3 is 0 Å². The number of rotatable bonds is 0. The predicted octanol–water partition coefficient (Wildman–Crippen LogP) is 1.71. The van der Waals surface area contributed by atoms with Crippen LogP contribution in [0.4, 0.5) is 0 Å². The van der Waals surface area contributed by atoms with Crippen LogP contribution in [0.1, 0.15) is 16.7 Å². The van der Waals surface area contributed by atoms with Crippen LogP contribution in [0.3, 0.4) is 0 Å². The maximum absolute atomic E-state index is 2.34. The first-order valence-electron chi connectivity index (χ1n) is 3.52. The molecule has 1 aliphatic heterocycles. The molecule has 0 saturated carbocycles. The Bertz CT molecular complexity index is 253. The molecule has 0 bridgehead atoms. The summed E-state index contributed by atoms with van der Waals surface area (Å²) in [5.41, 5.74) is 4.63. The first kappa shape index (κ1) is 6.45. The molecule has 0 saturated heterocycles. The molecule has 0 unspecified atom stereocenters. The first-order valence-corrected chi connectivity index (χ1v) is 5.95. The Kier molecular flexibility index (Phi) is 1.55. The van der Waals surface area contributed by atoms with E-state index >= 15 is 0 Å². The Morgan fingerprint density at radius 3 is 2.90 bits per heavy atom. The third kappa shape index (κ3) is 1.00. The molecule has 0 atom stereocenters. The molecule has 1 heteroatoms. The number of benzene rings is 1. The molecular weight excluding hydrogens is 187 g/mol. The van der Waals surface area contributed by atoms with Crippen molar-refractivity contribution in [1.29, 1.82) is 0 Å². The van der Waals surface area contributed by atoms with Gasteiger partial charge in [0.15, 0.2) is 0 Å². The molecule has 0 aromatic heterocycles. The van der Waals surface area contributed by atoms with E-state index in [2.05, 4.69) is 25.1 Å². The van der Waals surface area contributed by atoms with Crippen LogP contribution in [0.25, 0.3) is 0 Å². The Labute approximate surface area is 67.8 Å². The van der Waals surface area contributed by atoms with E-state index in [1.165, 1.54) is 16.2 Å². The molecule has 0 radical (unpaired) electrons. The Balaban J connectivity index is 2.52. The molecule has 1 aromatic rings. The summed E-state index contributed by atoms with van der Waals surface area (Å²) in [5.74, 6) is 0. The van der Waals surface area contributed by atoms with Gasteiger partial charge in [0.2, 0.25) is 0 Å². The van der Waals surface area contributed by atoms with Gasteiger partial charge in [0.05, 0.1) is 0 Å². The third-order valence-electron chi connectivity index (χ3n) is 1.88. The van der Waals surface area contributed by atoms with Crippen LogP contribution in [0.5, 0.6) is 0 Å². The van der Waals surface area contributed by atoms with Crippen LogP contribution in [-0.2, 0) is 10.6 Å². The molecule has 1 heterocycles. The summed E-state index contributed by atoms with van der Waals surface area (Å²) in [6.07, 6.45) is 0. The molecule has 10 heavy (non-hydrogen) atoms. The molecular formula is C9H10Se. The van der Waals surface area contributed by atoms with Gasteiger partial charge >= 0.3 is 67.4 Å². The van der Waals surface area contributed by atoms with E-state index in [9.17, 15) is 0 Å². The molecule has 0 amide bonds. The van der Waals surface area contributed by atoms with E-state index in [-0.39, 0.29) is 0 Å². The zero-order valence-corrected chi connectivity index (χ0v) is 7.77. The fourth-order valence-electron chi connectivity index (χ4n) is 1.30. The van der Waals surface area contributed by atoms with Gasteiger partial charge in [-0.1, -0.05) is 0 Å². The van der Waals surface area contributed by atoms with Crippen molar-refractivity contribution in [3.05, 3.63) is 34.9 Å². The van der Waals surface area contributed by atoms with Crippen LogP contribution in [0.2, 0.25) is 0 Å². The number of aryl methyl sites for hydroxylation is 1. The molecule has 52 valence electrons. The summed E-state index contributed by atoms with van der Waals surface area (Å²) in [7, 11) is 0. The Morgan fingerprint density at radius 2 is 2.00 bits per heavy atom. The fourth-order valence-corrected chi connectivity index (χ4v) is 3.59. The van der Waals surface area contributed by atoms with Gasteiger partial charge in [0, 0.05) is 0 Å². The van der Waals surface area contributed by atoms with E-state index < -0.39 is 0 Å². The summed E-state index contributed by atoms with van der Waals surface area (Å²) >= 11 is 0.871. The summed E-state index contributed by atoms with van der Waals surface area (Å²) in [4.78, 5) is 0. The minimum atomic E-state index is 0.871. The molecule has 0 nitrogen and oxygen atoms in total. The molecule has 0 N–H and O–H groups in total. The van der Waals surface area contributed by atoms with Crippen molar-refractivity contribution in [3.63, 3.8) is 0 Å². The minimum absolute atomic E-state index is 0.871. The zero-order chi connectivity index (χ0) is 6.97. The van der Waals surface area contributed by atoms with Crippen molar-refractivity contribution in [1.82, 2.24) is 0 Å². The predicted molar refractivity (Wildman–Crippen MR) is 44.3 cm³/mol. The van der Waals surface area contributed by atoms with Crippen LogP contribution in [0.15, 0.2) is 18.2 Å². The second kappa shape index (κ2) is 2.41. The standard InChI is InChI=1S/C9H10Se/c1-7-2-3-8-5-10-6-9(8)4-7/h2-4H,5-6H2,1H3. The first-order chi connectivity index (χ1) is 4.86. The maximum atomic E-state index is 2.34. The van der Waals surface area contributed by atoms with Crippen molar-refractivity contribution in [2.45, 2.75) is 17.6 Å². The van der Waals surface area contributed by atoms with Crippen molar-refractivity contribution in [2.24, 2.45) is 0 Å². The van der Waals surface area contributed by atoms with Crippen LogP contribution in [-0.4, -0.2) is 15.0 Å². The number of hydrogen-bond acceptors (Lipinski definition) is 0. The SMILES string of the molecule is Cc1ccc2c(c1)C[Se]C2. The summed E-state index contributed by atoms with van der Waals surface area (Å²) < 4.78 is 0. The van der Waals surface area contributed by atoms with E-state index in [4.69, 9.17) is 0 Å². The van der Waals surface area contributed by atoms with Gasteiger partial charge in [-0.15, -0.1) is 0 Å². The van der Waals surface area contributed by atoms with Crippen LogP contribution in [0, 0.1) is 6.92 Å². The second-order valence-electron chi connectivity index (χ2n) is 2.76.